The van der Waals surface area contributed by atoms with Gasteiger partial charge in [0.15, 0.2) is 0 Å². The van der Waals surface area contributed by atoms with Crippen LogP contribution in [0, 0.1) is 6.92 Å². The van der Waals surface area contributed by atoms with Gasteiger partial charge in [-0.3, -0.25) is 24.0 Å². The molecule has 0 spiro atoms. The Balaban J connectivity index is 1.97. The minimum Gasteiger partial charge on any atom is -0.481 e. The Kier molecular flexibility index (Phi) is 10.4. The maximum absolute atomic E-state index is 12.6. The summed E-state index contributed by atoms with van der Waals surface area (Å²) in [6.45, 7) is 2.04. The molecule has 2 rings (SSSR count). The van der Waals surface area contributed by atoms with Gasteiger partial charge < -0.3 is 26.6 Å². The summed E-state index contributed by atoms with van der Waals surface area (Å²) in [7, 11) is 0. The molecule has 3 amide bonds. The number of aliphatic carboxylic acids is 2. The Bertz CT molecular complexity index is 1070. The predicted octanol–water partition coefficient (Wildman–Crippen LogP) is 1.84. The van der Waals surface area contributed by atoms with E-state index < -0.39 is 54.6 Å². The molecular weight excluding hydrogens is 474 g/mol. The summed E-state index contributed by atoms with van der Waals surface area (Å²) in [6.07, 6.45) is -0.746. The molecule has 0 aliphatic carbocycles. The van der Waals surface area contributed by atoms with Crippen molar-refractivity contribution in [3.63, 3.8) is 0 Å². The van der Waals surface area contributed by atoms with Gasteiger partial charge in [-0.25, -0.2) is 0 Å². The summed E-state index contributed by atoms with van der Waals surface area (Å²) in [4.78, 5) is 59.6. The Morgan fingerprint density at radius 2 is 1.49 bits per heavy atom. The molecule has 0 fully saturated rings. The lowest BCUT2D eigenvalue weighted by atomic mass is 10.0. The molecule has 0 aliphatic heterocycles. The fraction of sp³-hybridized carbons (Fsp3) is 0.375. The van der Waals surface area contributed by atoms with Crippen LogP contribution in [0.3, 0.4) is 0 Å². The van der Waals surface area contributed by atoms with Crippen molar-refractivity contribution in [3.8, 4) is 10.4 Å². The van der Waals surface area contributed by atoms with Gasteiger partial charge in [-0.2, -0.15) is 0 Å². The van der Waals surface area contributed by atoms with E-state index in [-0.39, 0.29) is 19.3 Å². The number of carboxylic acid groups (broad SMARTS) is 2. The van der Waals surface area contributed by atoms with Gasteiger partial charge in [0.1, 0.15) is 12.1 Å². The molecular formula is C24H29N3O7S. The fourth-order valence-corrected chi connectivity index (χ4v) is 4.31. The zero-order valence-corrected chi connectivity index (χ0v) is 20.1. The molecule has 0 bridgehead atoms. The molecule has 1 aromatic heterocycles. The smallest absolute Gasteiger partial charge is 0.303 e. The SMILES string of the molecule is Cc1ccsc1-c1ccc(CCC(=O)NC(CCC(=O)O)C(=O)NC(CCC(=O)O)C(N)=O)cc1. The van der Waals surface area contributed by atoms with Crippen LogP contribution >= 0.6 is 11.3 Å². The normalized spacial score (nSPS) is 12.4. The molecule has 1 aromatic carbocycles. The molecule has 1 heterocycles. The lowest BCUT2D eigenvalue weighted by molar-refractivity contribution is -0.139. The van der Waals surface area contributed by atoms with Gasteiger partial charge in [0, 0.05) is 24.1 Å². The van der Waals surface area contributed by atoms with Gasteiger partial charge in [0.2, 0.25) is 17.7 Å². The summed E-state index contributed by atoms with van der Waals surface area (Å²) in [5.74, 6) is -4.52. The maximum Gasteiger partial charge on any atom is 0.303 e. The number of thiophene rings is 1. The van der Waals surface area contributed by atoms with E-state index in [1.807, 2.05) is 42.6 Å². The van der Waals surface area contributed by atoms with Gasteiger partial charge in [0.05, 0.1) is 0 Å². The molecule has 2 atom stereocenters. The number of rotatable bonds is 14. The van der Waals surface area contributed by atoms with Crippen LogP contribution in [0.5, 0.6) is 0 Å². The van der Waals surface area contributed by atoms with Gasteiger partial charge in [0.25, 0.3) is 0 Å². The average Bonchev–Trinajstić information content (AvgIpc) is 3.23. The van der Waals surface area contributed by atoms with Gasteiger partial charge in [-0.15, -0.1) is 11.3 Å². The van der Waals surface area contributed by atoms with Crippen molar-refractivity contribution in [1.82, 2.24) is 10.6 Å². The van der Waals surface area contributed by atoms with E-state index in [4.69, 9.17) is 15.9 Å². The fourth-order valence-electron chi connectivity index (χ4n) is 3.38. The quantitative estimate of drug-likeness (QED) is 0.261. The highest BCUT2D eigenvalue weighted by atomic mass is 32.1. The van der Waals surface area contributed by atoms with Crippen LogP contribution < -0.4 is 16.4 Å². The minimum absolute atomic E-state index is 0.0620. The molecule has 188 valence electrons. The summed E-state index contributed by atoms with van der Waals surface area (Å²) >= 11 is 1.65. The van der Waals surface area contributed by atoms with E-state index in [2.05, 4.69) is 10.6 Å². The molecule has 0 radical (unpaired) electrons. The predicted molar refractivity (Wildman–Crippen MR) is 130 cm³/mol. The first-order valence-electron chi connectivity index (χ1n) is 11.0. The Hall–Kier alpha value is -3.73. The summed E-state index contributed by atoms with van der Waals surface area (Å²) < 4.78 is 0. The topological polar surface area (TPSA) is 176 Å². The Morgan fingerprint density at radius 1 is 0.886 bits per heavy atom. The van der Waals surface area contributed by atoms with Crippen molar-refractivity contribution in [3.05, 3.63) is 46.8 Å². The van der Waals surface area contributed by atoms with Crippen LogP contribution in [0.15, 0.2) is 35.7 Å². The van der Waals surface area contributed by atoms with Crippen molar-refractivity contribution < 1.29 is 34.2 Å². The summed E-state index contributed by atoms with van der Waals surface area (Å²) in [5.41, 5.74) is 8.43. The summed E-state index contributed by atoms with van der Waals surface area (Å²) in [5, 5.41) is 24.6. The maximum atomic E-state index is 12.6. The van der Waals surface area contributed by atoms with Gasteiger partial charge in [-0.1, -0.05) is 24.3 Å². The van der Waals surface area contributed by atoms with Crippen LogP contribution in [0.1, 0.15) is 43.2 Å². The molecule has 0 saturated heterocycles. The number of primary amides is 1. The van der Waals surface area contributed by atoms with Gasteiger partial charge >= 0.3 is 11.9 Å². The third kappa shape index (κ3) is 9.20. The van der Waals surface area contributed by atoms with E-state index in [1.165, 1.54) is 10.4 Å². The first kappa shape index (κ1) is 27.5. The van der Waals surface area contributed by atoms with Crippen molar-refractivity contribution in [1.29, 1.82) is 0 Å². The number of benzene rings is 1. The van der Waals surface area contributed by atoms with Crippen LogP contribution in [0.2, 0.25) is 0 Å². The van der Waals surface area contributed by atoms with E-state index in [1.54, 1.807) is 11.3 Å². The number of hydrogen-bond donors (Lipinski definition) is 5. The lowest BCUT2D eigenvalue weighted by Gasteiger charge is -2.21. The molecule has 11 heteroatoms. The summed E-state index contributed by atoms with van der Waals surface area (Å²) in [6, 6.07) is 7.40. The highest BCUT2D eigenvalue weighted by Gasteiger charge is 2.26. The van der Waals surface area contributed by atoms with E-state index in [0.717, 1.165) is 11.1 Å². The molecule has 6 N–H and O–H groups in total. The monoisotopic (exact) mass is 503 g/mol. The minimum atomic E-state index is -1.26. The number of carbonyl (C=O) groups is 5. The lowest BCUT2D eigenvalue weighted by Crippen LogP contribution is -2.53. The number of amides is 3. The molecule has 35 heavy (non-hydrogen) atoms. The van der Waals surface area contributed by atoms with Crippen molar-refractivity contribution in [2.45, 2.75) is 57.5 Å². The zero-order valence-electron chi connectivity index (χ0n) is 19.3. The third-order valence-electron chi connectivity index (χ3n) is 5.32. The second-order valence-electron chi connectivity index (χ2n) is 8.08. The van der Waals surface area contributed by atoms with Crippen molar-refractivity contribution >= 4 is 41.0 Å². The van der Waals surface area contributed by atoms with Crippen LogP contribution in [0.25, 0.3) is 10.4 Å². The van der Waals surface area contributed by atoms with Crippen LogP contribution in [-0.4, -0.2) is 52.0 Å². The number of hydrogen-bond acceptors (Lipinski definition) is 6. The Labute approximate surface area is 206 Å². The molecule has 2 unspecified atom stereocenters. The van der Waals surface area contributed by atoms with Crippen molar-refractivity contribution in [2.24, 2.45) is 5.73 Å². The Morgan fingerprint density at radius 3 is 2.00 bits per heavy atom. The van der Waals surface area contributed by atoms with Gasteiger partial charge in [-0.05, 0) is 54.3 Å². The zero-order chi connectivity index (χ0) is 26.0. The molecule has 0 saturated carbocycles. The number of carboxylic acids is 2. The van der Waals surface area contributed by atoms with E-state index in [0.29, 0.717) is 6.42 Å². The second-order valence-corrected chi connectivity index (χ2v) is 8.99. The number of aryl methyl sites for hydroxylation is 2. The van der Waals surface area contributed by atoms with E-state index >= 15 is 0 Å². The van der Waals surface area contributed by atoms with Crippen LogP contribution in [0.4, 0.5) is 0 Å². The first-order valence-corrected chi connectivity index (χ1v) is 11.9. The highest BCUT2D eigenvalue weighted by molar-refractivity contribution is 7.13. The number of nitrogens with two attached hydrogens (primary N) is 1. The average molecular weight is 504 g/mol. The van der Waals surface area contributed by atoms with Crippen molar-refractivity contribution in [2.75, 3.05) is 0 Å². The second kappa shape index (κ2) is 13.2. The third-order valence-corrected chi connectivity index (χ3v) is 6.39. The largest absolute Gasteiger partial charge is 0.481 e. The van der Waals surface area contributed by atoms with E-state index in [9.17, 15) is 24.0 Å². The number of nitrogens with one attached hydrogen (secondary N) is 2. The standard InChI is InChI=1S/C24H29N3O7S/c1-14-12-13-35-22(14)16-5-2-15(3-6-16)4-9-19(28)26-18(8-11-21(31)32)24(34)27-17(23(25)33)7-10-20(29)30/h2-3,5-6,12-13,17-18H,4,7-11H2,1H3,(H2,25,33)(H,26,28)(H,27,34)(H,29,30)(H,31,32). The first-order chi connectivity index (χ1) is 16.6. The highest BCUT2D eigenvalue weighted by Crippen LogP contribution is 2.29. The molecule has 2 aromatic rings. The molecule has 10 nitrogen and oxygen atoms in total. The van der Waals surface area contributed by atoms with Crippen LogP contribution in [-0.2, 0) is 30.4 Å². The number of carbonyl (C=O) groups excluding carboxylic acids is 3. The molecule has 0 aliphatic rings.